The summed E-state index contributed by atoms with van der Waals surface area (Å²) in [4.78, 5) is 49.3. The Morgan fingerprint density at radius 1 is 1.26 bits per heavy atom. The van der Waals surface area contributed by atoms with E-state index in [-0.39, 0.29) is 28.9 Å². The van der Waals surface area contributed by atoms with Gasteiger partial charge in [-0.15, -0.1) is 16.9 Å². The van der Waals surface area contributed by atoms with Crippen LogP contribution in [0.1, 0.15) is 5.56 Å². The van der Waals surface area contributed by atoms with Crippen LogP contribution in [0.25, 0.3) is 0 Å². The molecule has 2 aliphatic rings. The highest BCUT2D eigenvalue weighted by Crippen LogP contribution is 2.41. The first-order valence-corrected chi connectivity index (χ1v) is 11.9. The lowest BCUT2D eigenvalue weighted by atomic mass is 10.0. The summed E-state index contributed by atoms with van der Waals surface area (Å²) in [5, 5.41) is 31.9. The molecule has 4 rings (SSSR count). The Bertz CT molecular complexity index is 1200. The Morgan fingerprint density at radius 3 is 2.74 bits per heavy atom. The summed E-state index contributed by atoms with van der Waals surface area (Å²) >= 11 is 2.41. The number of nitrogens with one attached hydrogen (secondary N) is 1. The minimum absolute atomic E-state index is 0.00240. The van der Waals surface area contributed by atoms with Crippen molar-refractivity contribution in [2.75, 3.05) is 17.2 Å². The number of benzene rings is 1. The number of nitrogens with zero attached hydrogens (tertiary/aromatic N) is 5. The van der Waals surface area contributed by atoms with E-state index in [1.54, 1.807) is 24.3 Å². The van der Waals surface area contributed by atoms with Crippen molar-refractivity contribution in [1.29, 1.82) is 0 Å². The fraction of sp³-hybridized carbons (Fsp3) is 0.316. The number of carboxylic acid groups (broad SMARTS) is 2. The van der Waals surface area contributed by atoms with E-state index in [1.165, 1.54) is 16.7 Å². The van der Waals surface area contributed by atoms with Crippen LogP contribution >= 0.6 is 23.5 Å². The lowest BCUT2D eigenvalue weighted by Crippen LogP contribution is -2.70. The number of aliphatic carboxylic acids is 2. The first-order valence-electron chi connectivity index (χ1n) is 9.89. The number of anilines is 1. The van der Waals surface area contributed by atoms with Crippen LogP contribution in [0.15, 0.2) is 40.7 Å². The number of hydrogen-bond donors (Lipinski definition) is 4. The number of nitrogens with two attached hydrogens (primary N) is 1. The average molecular weight is 506 g/mol. The molecule has 0 spiro atoms. The predicted molar refractivity (Wildman–Crippen MR) is 120 cm³/mol. The molecule has 1 aromatic heterocycles. The van der Waals surface area contributed by atoms with Crippen molar-refractivity contribution in [3.8, 4) is 0 Å². The van der Waals surface area contributed by atoms with E-state index < -0.39 is 35.8 Å². The molecule has 1 fully saturated rings. The highest BCUT2D eigenvalue weighted by atomic mass is 32.2. The molecule has 2 aromatic rings. The van der Waals surface area contributed by atoms with Crippen molar-refractivity contribution < 1.29 is 29.4 Å². The molecule has 3 heterocycles. The molecule has 0 bridgehead atoms. The topological polar surface area (TPSA) is 194 Å². The first kappa shape index (κ1) is 23.6. The quantitative estimate of drug-likeness (QED) is 0.193. The molecule has 178 valence electrons. The highest BCUT2D eigenvalue weighted by molar-refractivity contribution is 8.01. The summed E-state index contributed by atoms with van der Waals surface area (Å²) in [5.74, 6) is -2.82. The Labute approximate surface area is 200 Å². The first-order chi connectivity index (χ1) is 16.3. The van der Waals surface area contributed by atoms with E-state index in [9.17, 15) is 24.3 Å². The molecule has 13 nitrogen and oxygen atoms in total. The summed E-state index contributed by atoms with van der Waals surface area (Å²) in [6.45, 7) is -0.433. The number of hydrogen-bond acceptors (Lipinski definition) is 10. The summed E-state index contributed by atoms with van der Waals surface area (Å²) in [5.41, 5.74) is 7.30. The highest BCUT2D eigenvalue weighted by Gasteiger charge is 2.54. The maximum absolute atomic E-state index is 12.8. The van der Waals surface area contributed by atoms with Crippen LogP contribution < -0.4 is 11.1 Å². The molecule has 15 heteroatoms. The number of carbonyl (C=O) groups is 4. The van der Waals surface area contributed by atoms with Crippen LogP contribution in [0.3, 0.4) is 0 Å². The molecule has 2 amide bonds. The van der Waals surface area contributed by atoms with Gasteiger partial charge in [-0.25, -0.2) is 9.48 Å². The van der Waals surface area contributed by atoms with Gasteiger partial charge in [0, 0.05) is 17.2 Å². The number of rotatable bonds is 9. The van der Waals surface area contributed by atoms with Crippen molar-refractivity contribution in [1.82, 2.24) is 30.4 Å². The summed E-state index contributed by atoms with van der Waals surface area (Å²) in [6, 6.07) is 6.08. The SMILES string of the molecule is Nc1ccccc1CC(=O)NC1C(=O)N2C(C(=O)O)=C(CSc3nnnn3CC(=O)O)CS[C@H]12. The summed E-state index contributed by atoms with van der Waals surface area (Å²) in [7, 11) is 0. The van der Waals surface area contributed by atoms with Gasteiger partial charge in [0.1, 0.15) is 23.7 Å². The number of fused-ring (bicyclic) bond motifs is 1. The van der Waals surface area contributed by atoms with Crippen LogP contribution in [0.5, 0.6) is 0 Å². The third-order valence-electron chi connectivity index (χ3n) is 5.13. The number of carbonyl (C=O) groups excluding carboxylic acids is 2. The van der Waals surface area contributed by atoms with Gasteiger partial charge in [-0.2, -0.15) is 0 Å². The molecular formula is C19H19N7O6S2. The van der Waals surface area contributed by atoms with Gasteiger partial charge in [0.15, 0.2) is 0 Å². The summed E-state index contributed by atoms with van der Waals surface area (Å²) < 4.78 is 1.09. The number of amides is 2. The van der Waals surface area contributed by atoms with Crippen LogP contribution in [-0.4, -0.2) is 82.0 Å². The van der Waals surface area contributed by atoms with Gasteiger partial charge >= 0.3 is 11.9 Å². The second-order valence-corrected chi connectivity index (χ2v) is 9.44. The largest absolute Gasteiger partial charge is 0.480 e. The molecule has 2 aliphatic heterocycles. The monoisotopic (exact) mass is 505 g/mol. The molecule has 34 heavy (non-hydrogen) atoms. The Hall–Kier alpha value is -3.59. The molecule has 1 saturated heterocycles. The lowest BCUT2D eigenvalue weighted by molar-refractivity contribution is -0.150. The van der Waals surface area contributed by atoms with Crippen molar-refractivity contribution in [3.05, 3.63) is 41.1 Å². The standard InChI is InChI=1S/C19H19N7O6S2/c20-11-4-2-1-3-9(11)5-12(27)21-14-16(30)26-15(18(31)32)10(7-33-17(14)26)8-34-19-22-23-24-25(19)6-13(28)29/h1-4,14,17H,5-8,20H2,(H,21,27)(H,28,29)(H,31,32)/t14?,17-/m1/s1. The second-order valence-electron chi connectivity index (χ2n) is 7.39. The maximum atomic E-state index is 12.8. The van der Waals surface area contributed by atoms with E-state index >= 15 is 0 Å². The number of nitrogen functional groups attached to an aromatic ring is 1. The summed E-state index contributed by atoms with van der Waals surface area (Å²) in [6.07, 6.45) is 0.00240. The van der Waals surface area contributed by atoms with Crippen LogP contribution in [0.4, 0.5) is 5.69 Å². The predicted octanol–water partition coefficient (Wildman–Crippen LogP) is -0.587. The number of aromatic nitrogens is 4. The van der Waals surface area contributed by atoms with E-state index in [0.29, 0.717) is 22.6 Å². The maximum Gasteiger partial charge on any atom is 0.352 e. The van der Waals surface area contributed by atoms with Gasteiger partial charge < -0.3 is 21.3 Å². The van der Waals surface area contributed by atoms with E-state index in [1.807, 2.05) is 0 Å². The zero-order valence-corrected chi connectivity index (χ0v) is 19.1. The average Bonchev–Trinajstić information content (AvgIpc) is 3.22. The van der Waals surface area contributed by atoms with E-state index in [4.69, 9.17) is 10.8 Å². The fourth-order valence-electron chi connectivity index (χ4n) is 3.57. The number of para-hydroxylation sites is 1. The van der Waals surface area contributed by atoms with Gasteiger partial charge in [-0.1, -0.05) is 30.0 Å². The number of tetrazole rings is 1. The van der Waals surface area contributed by atoms with Crippen molar-refractivity contribution >= 4 is 53.0 Å². The number of carboxylic acids is 2. The van der Waals surface area contributed by atoms with Crippen molar-refractivity contribution in [2.24, 2.45) is 0 Å². The molecule has 2 atom stereocenters. The molecule has 0 aliphatic carbocycles. The van der Waals surface area contributed by atoms with Gasteiger partial charge in [-0.3, -0.25) is 19.3 Å². The number of thioether (sulfide) groups is 2. The zero-order chi connectivity index (χ0) is 24.4. The molecule has 5 N–H and O–H groups in total. The van der Waals surface area contributed by atoms with E-state index in [0.717, 1.165) is 16.4 Å². The molecule has 0 radical (unpaired) electrons. The zero-order valence-electron chi connectivity index (χ0n) is 17.4. The molecule has 1 unspecified atom stereocenters. The normalized spacial score (nSPS) is 19.4. The van der Waals surface area contributed by atoms with E-state index in [2.05, 4.69) is 20.8 Å². The molecule has 1 aromatic carbocycles. The van der Waals surface area contributed by atoms with Crippen LogP contribution in [0.2, 0.25) is 0 Å². The Balaban J connectivity index is 1.43. The third-order valence-corrected chi connectivity index (χ3v) is 7.52. The van der Waals surface area contributed by atoms with Gasteiger partial charge in [-0.05, 0) is 27.6 Å². The molecule has 0 saturated carbocycles. The second kappa shape index (κ2) is 9.72. The fourth-order valence-corrected chi connectivity index (χ4v) is 5.93. The third kappa shape index (κ3) is 4.70. The smallest absolute Gasteiger partial charge is 0.352 e. The van der Waals surface area contributed by atoms with Gasteiger partial charge in [0.05, 0.1) is 6.42 Å². The Morgan fingerprint density at radius 2 is 2.03 bits per heavy atom. The minimum atomic E-state index is -1.26. The van der Waals surface area contributed by atoms with Crippen molar-refractivity contribution in [2.45, 2.75) is 29.5 Å². The van der Waals surface area contributed by atoms with Crippen LogP contribution in [-0.2, 0) is 32.1 Å². The van der Waals surface area contributed by atoms with Crippen LogP contribution in [0, 0.1) is 0 Å². The van der Waals surface area contributed by atoms with Gasteiger partial charge in [0.2, 0.25) is 11.1 Å². The van der Waals surface area contributed by atoms with Gasteiger partial charge in [0.25, 0.3) is 5.91 Å². The number of β-lactam (4-membered cyclic amide) rings is 1. The minimum Gasteiger partial charge on any atom is -0.480 e. The lowest BCUT2D eigenvalue weighted by Gasteiger charge is -2.49. The molecular weight excluding hydrogens is 486 g/mol. The van der Waals surface area contributed by atoms with Crippen molar-refractivity contribution in [3.63, 3.8) is 0 Å². The Kier molecular flexibility index (Phi) is 6.74.